The van der Waals surface area contributed by atoms with Crippen molar-refractivity contribution in [1.29, 1.82) is 0 Å². The number of halogens is 1. The molecule has 3 rings (SSSR count). The molecule has 0 unspecified atom stereocenters. The molecule has 7 heteroatoms. The molecule has 1 N–H and O–H groups in total. The molecule has 196 valence electrons. The van der Waals surface area contributed by atoms with Crippen molar-refractivity contribution in [2.75, 3.05) is 20.6 Å². The molecule has 0 saturated heterocycles. The van der Waals surface area contributed by atoms with E-state index in [9.17, 15) is 9.59 Å². The van der Waals surface area contributed by atoms with Gasteiger partial charge < -0.3 is 19.7 Å². The molecule has 0 atom stereocenters. The Morgan fingerprint density at radius 3 is 2.19 bits per heavy atom. The van der Waals surface area contributed by atoms with Gasteiger partial charge in [-0.1, -0.05) is 35.9 Å². The van der Waals surface area contributed by atoms with Crippen molar-refractivity contribution in [3.63, 3.8) is 0 Å². The van der Waals surface area contributed by atoms with Crippen LogP contribution in [0.15, 0.2) is 66.7 Å². The maximum atomic E-state index is 12.5. The van der Waals surface area contributed by atoms with E-state index in [1.807, 2.05) is 82.2 Å². The Hall–Kier alpha value is -3.35. The van der Waals surface area contributed by atoms with E-state index in [0.29, 0.717) is 35.2 Å². The van der Waals surface area contributed by atoms with Gasteiger partial charge in [-0.2, -0.15) is 0 Å². The van der Waals surface area contributed by atoms with Crippen LogP contribution in [0.1, 0.15) is 47.8 Å². The molecular formula is C30H35ClN2O4. The van der Waals surface area contributed by atoms with E-state index in [1.165, 1.54) is 0 Å². The van der Waals surface area contributed by atoms with E-state index in [1.54, 1.807) is 24.3 Å². The van der Waals surface area contributed by atoms with E-state index in [0.717, 1.165) is 23.1 Å². The average Bonchev–Trinajstić information content (AvgIpc) is 2.81. The van der Waals surface area contributed by atoms with Crippen LogP contribution in [0.4, 0.5) is 0 Å². The maximum absolute atomic E-state index is 12.5. The minimum Gasteiger partial charge on any atom is -0.460 e. The Morgan fingerprint density at radius 1 is 0.919 bits per heavy atom. The first-order valence-corrected chi connectivity index (χ1v) is 12.7. The Labute approximate surface area is 224 Å². The number of esters is 1. The van der Waals surface area contributed by atoms with Crippen LogP contribution in [-0.4, -0.2) is 43.0 Å². The zero-order chi connectivity index (χ0) is 27.0. The number of ether oxygens (including phenoxy) is 2. The molecule has 3 aromatic carbocycles. The molecule has 0 heterocycles. The number of hydrogen-bond donors (Lipinski definition) is 1. The Bertz CT molecular complexity index is 1200. The number of carbonyl (C=O) groups is 2. The third kappa shape index (κ3) is 9.56. The lowest BCUT2D eigenvalue weighted by Gasteiger charge is -2.20. The highest BCUT2D eigenvalue weighted by Crippen LogP contribution is 2.28. The Balaban J connectivity index is 1.62. The van der Waals surface area contributed by atoms with Crippen molar-refractivity contribution < 1.29 is 19.1 Å². The molecule has 0 aliphatic carbocycles. The lowest BCUT2D eigenvalue weighted by Crippen LogP contribution is -2.25. The van der Waals surface area contributed by atoms with E-state index in [-0.39, 0.29) is 18.3 Å². The summed E-state index contributed by atoms with van der Waals surface area (Å²) in [6.45, 7) is 6.74. The van der Waals surface area contributed by atoms with E-state index < -0.39 is 5.60 Å². The van der Waals surface area contributed by atoms with Gasteiger partial charge in [-0.3, -0.25) is 9.59 Å². The first-order chi connectivity index (χ1) is 17.5. The first kappa shape index (κ1) is 28.2. The summed E-state index contributed by atoms with van der Waals surface area (Å²) >= 11 is 5.92. The van der Waals surface area contributed by atoms with Gasteiger partial charge in [0.2, 0.25) is 0 Å². The molecule has 37 heavy (non-hydrogen) atoms. The summed E-state index contributed by atoms with van der Waals surface area (Å²) in [5, 5.41) is 3.64. The van der Waals surface area contributed by atoms with Crippen molar-refractivity contribution in [2.45, 2.75) is 45.8 Å². The van der Waals surface area contributed by atoms with Gasteiger partial charge in [0, 0.05) is 29.2 Å². The van der Waals surface area contributed by atoms with Gasteiger partial charge in [0.1, 0.15) is 17.1 Å². The SMILES string of the molecule is CN(C)Cc1cc(CC(=O)OC(C)(C)C)ccc1Oc1ccc(C(=O)NCCc2ccc(Cl)cc2)cc1. The molecule has 1 amide bonds. The average molecular weight is 523 g/mol. The highest BCUT2D eigenvalue weighted by atomic mass is 35.5. The highest BCUT2D eigenvalue weighted by molar-refractivity contribution is 6.30. The number of rotatable bonds is 10. The van der Waals surface area contributed by atoms with Crippen LogP contribution in [0.25, 0.3) is 0 Å². The lowest BCUT2D eigenvalue weighted by atomic mass is 10.1. The van der Waals surface area contributed by atoms with E-state index in [2.05, 4.69) is 5.32 Å². The lowest BCUT2D eigenvalue weighted by molar-refractivity contribution is -0.153. The molecule has 0 aliphatic heterocycles. The summed E-state index contributed by atoms with van der Waals surface area (Å²) in [6, 6.07) is 20.4. The molecule has 0 bridgehead atoms. The summed E-state index contributed by atoms with van der Waals surface area (Å²) in [6.07, 6.45) is 0.919. The van der Waals surface area contributed by atoms with Gasteiger partial charge >= 0.3 is 5.97 Å². The normalized spacial score (nSPS) is 11.3. The van der Waals surface area contributed by atoms with Crippen LogP contribution in [-0.2, 0) is 28.9 Å². The Morgan fingerprint density at radius 2 is 1.57 bits per heavy atom. The zero-order valence-corrected chi connectivity index (χ0v) is 22.9. The number of benzene rings is 3. The minimum atomic E-state index is -0.521. The number of carbonyl (C=O) groups excluding carboxylic acids is 2. The number of amides is 1. The first-order valence-electron chi connectivity index (χ1n) is 12.3. The van der Waals surface area contributed by atoms with Crippen LogP contribution in [0.3, 0.4) is 0 Å². The summed E-state index contributed by atoms with van der Waals surface area (Å²) in [5.74, 6) is 0.915. The number of hydrogen-bond acceptors (Lipinski definition) is 5. The van der Waals surface area contributed by atoms with Gasteiger partial charge in [-0.05, 0) is 94.9 Å². The van der Waals surface area contributed by atoms with Gasteiger partial charge in [0.15, 0.2) is 0 Å². The topological polar surface area (TPSA) is 67.9 Å². The highest BCUT2D eigenvalue weighted by Gasteiger charge is 2.17. The zero-order valence-electron chi connectivity index (χ0n) is 22.1. The third-order valence-corrected chi connectivity index (χ3v) is 5.59. The van der Waals surface area contributed by atoms with E-state index in [4.69, 9.17) is 21.1 Å². The molecule has 0 aromatic heterocycles. The van der Waals surface area contributed by atoms with Crippen molar-refractivity contribution in [2.24, 2.45) is 0 Å². The second-order valence-corrected chi connectivity index (χ2v) is 10.6. The van der Waals surface area contributed by atoms with Crippen molar-refractivity contribution >= 4 is 23.5 Å². The van der Waals surface area contributed by atoms with E-state index >= 15 is 0 Å². The van der Waals surface area contributed by atoms with Crippen molar-refractivity contribution in [3.8, 4) is 11.5 Å². The van der Waals surface area contributed by atoms with Gasteiger partial charge in [-0.15, -0.1) is 0 Å². The summed E-state index contributed by atoms with van der Waals surface area (Å²) < 4.78 is 11.6. The quantitative estimate of drug-likeness (QED) is 0.328. The van der Waals surface area contributed by atoms with Crippen molar-refractivity contribution in [1.82, 2.24) is 10.2 Å². The summed E-state index contributed by atoms with van der Waals surface area (Å²) in [7, 11) is 3.95. The Kier molecular flexibility index (Phi) is 9.73. The van der Waals surface area contributed by atoms with Crippen LogP contribution in [0.5, 0.6) is 11.5 Å². The third-order valence-electron chi connectivity index (χ3n) is 5.34. The predicted molar refractivity (Wildman–Crippen MR) is 147 cm³/mol. The fourth-order valence-electron chi connectivity index (χ4n) is 3.73. The van der Waals surface area contributed by atoms with Crippen LogP contribution in [0, 0.1) is 0 Å². The summed E-state index contributed by atoms with van der Waals surface area (Å²) in [4.78, 5) is 26.8. The molecule has 0 spiro atoms. The molecule has 6 nitrogen and oxygen atoms in total. The summed E-state index contributed by atoms with van der Waals surface area (Å²) in [5.41, 5.74) is 2.97. The minimum absolute atomic E-state index is 0.139. The van der Waals surface area contributed by atoms with Gasteiger partial charge in [0.25, 0.3) is 5.91 Å². The van der Waals surface area contributed by atoms with Gasteiger partial charge in [-0.25, -0.2) is 0 Å². The fourth-order valence-corrected chi connectivity index (χ4v) is 3.85. The standard InChI is InChI=1S/C30H35ClN2O4/c1-30(2,3)37-28(34)19-22-8-15-27(24(18-22)20-33(4)5)36-26-13-9-23(10-14-26)29(35)32-17-16-21-6-11-25(31)12-7-21/h6-15,18H,16-17,19-20H2,1-5H3,(H,32,35). The van der Waals surface area contributed by atoms with Crippen LogP contribution < -0.4 is 10.1 Å². The maximum Gasteiger partial charge on any atom is 0.310 e. The molecular weight excluding hydrogens is 488 g/mol. The molecule has 0 fully saturated rings. The van der Waals surface area contributed by atoms with Crippen LogP contribution >= 0.6 is 11.6 Å². The number of nitrogens with zero attached hydrogens (tertiary/aromatic N) is 1. The number of nitrogens with one attached hydrogen (secondary N) is 1. The predicted octanol–water partition coefficient (Wildman–Crippen LogP) is 6.05. The second-order valence-electron chi connectivity index (χ2n) is 10.2. The molecule has 0 radical (unpaired) electrons. The van der Waals surface area contributed by atoms with Crippen LogP contribution in [0.2, 0.25) is 5.02 Å². The smallest absolute Gasteiger partial charge is 0.310 e. The fraction of sp³-hybridized carbons (Fsp3) is 0.333. The van der Waals surface area contributed by atoms with Crippen molar-refractivity contribution in [3.05, 3.63) is 94.0 Å². The largest absolute Gasteiger partial charge is 0.460 e. The molecule has 0 aliphatic rings. The van der Waals surface area contributed by atoms with Gasteiger partial charge in [0.05, 0.1) is 6.42 Å². The monoisotopic (exact) mass is 522 g/mol. The second kappa shape index (κ2) is 12.7. The molecule has 0 saturated carbocycles. The molecule has 3 aromatic rings.